The van der Waals surface area contributed by atoms with E-state index in [1.54, 1.807) is 11.0 Å². The molecule has 0 radical (unpaired) electrons. The minimum Gasteiger partial charge on any atom is -0.478 e. The Hall–Kier alpha value is -3.08. The van der Waals surface area contributed by atoms with Gasteiger partial charge >= 0.3 is 5.97 Å². The van der Waals surface area contributed by atoms with Crippen molar-refractivity contribution in [1.29, 1.82) is 0 Å². The minimum absolute atomic E-state index is 0.210. The van der Waals surface area contributed by atoms with E-state index in [2.05, 4.69) is 34.9 Å². The van der Waals surface area contributed by atoms with Crippen molar-refractivity contribution in [3.63, 3.8) is 0 Å². The number of aromatic carboxylic acids is 1. The minimum atomic E-state index is -0.873. The number of aromatic nitrogens is 1. The van der Waals surface area contributed by atoms with Crippen molar-refractivity contribution in [3.05, 3.63) is 59.2 Å². The highest BCUT2D eigenvalue weighted by atomic mass is 16.4. The number of rotatable bonds is 4. The number of benzene rings is 2. The van der Waals surface area contributed by atoms with E-state index in [9.17, 15) is 14.7 Å². The van der Waals surface area contributed by atoms with Crippen LogP contribution in [0.25, 0.3) is 22.2 Å². The predicted molar refractivity (Wildman–Crippen MR) is 142 cm³/mol. The second-order valence-electron chi connectivity index (χ2n) is 11.4. The third kappa shape index (κ3) is 3.75. The fourth-order valence-corrected chi connectivity index (χ4v) is 7.55. The molecular weight excluding hydrogens is 448 g/mol. The molecule has 5 nitrogen and oxygen atoms in total. The maximum Gasteiger partial charge on any atom is 0.335 e. The smallest absolute Gasteiger partial charge is 0.335 e. The van der Waals surface area contributed by atoms with Crippen molar-refractivity contribution >= 4 is 22.8 Å². The molecular formula is C31H36N2O3. The molecule has 0 saturated heterocycles. The molecule has 0 spiro atoms. The highest BCUT2D eigenvalue weighted by Gasteiger charge is 2.43. The SMILES string of the molecule is CN(C)C(=O)CC1CC[C@H]2Cn3c(c(C4CCCCC4)c4ccc(C(=O)O)cc43)-c3ccccc3[C@H]12. The third-order valence-corrected chi connectivity index (χ3v) is 9.22. The van der Waals surface area contributed by atoms with Crippen LogP contribution in [0.4, 0.5) is 0 Å². The van der Waals surface area contributed by atoms with Crippen LogP contribution in [0.2, 0.25) is 0 Å². The molecule has 2 fully saturated rings. The predicted octanol–water partition coefficient (Wildman–Crippen LogP) is 6.66. The Balaban J connectivity index is 1.57. The Morgan fingerprint density at radius 1 is 1.00 bits per heavy atom. The molecule has 188 valence electrons. The standard InChI is InChI=1S/C31H36N2O3/c1-32(2)27(34)17-20-12-13-22-18-33-26-16-21(31(35)36)14-15-25(26)29(19-8-4-3-5-9-19)30(33)24-11-7-6-10-23(24)28(20)22/h6-7,10-11,14-16,19-20,22,28H,3-5,8-9,12-13,17-18H2,1-2H3,(H,35,36)/t20?,22-,28+/m0/s1. The fourth-order valence-electron chi connectivity index (χ4n) is 7.55. The lowest BCUT2D eigenvalue weighted by molar-refractivity contribution is -0.129. The summed E-state index contributed by atoms with van der Waals surface area (Å²) in [7, 11) is 3.70. The van der Waals surface area contributed by atoms with Gasteiger partial charge in [-0.3, -0.25) is 4.79 Å². The lowest BCUT2D eigenvalue weighted by Gasteiger charge is -2.26. The van der Waals surface area contributed by atoms with Crippen LogP contribution < -0.4 is 0 Å². The van der Waals surface area contributed by atoms with Crippen LogP contribution in [-0.2, 0) is 11.3 Å². The van der Waals surface area contributed by atoms with Gasteiger partial charge < -0.3 is 14.6 Å². The Kier molecular flexibility index (Phi) is 5.89. The van der Waals surface area contributed by atoms with Gasteiger partial charge in [-0.25, -0.2) is 4.79 Å². The molecule has 2 aromatic carbocycles. The zero-order valence-electron chi connectivity index (χ0n) is 21.4. The maximum absolute atomic E-state index is 12.7. The highest BCUT2D eigenvalue weighted by Crippen LogP contribution is 2.54. The van der Waals surface area contributed by atoms with E-state index in [1.807, 2.05) is 20.2 Å². The summed E-state index contributed by atoms with van der Waals surface area (Å²) in [5.41, 5.74) is 6.83. The third-order valence-electron chi connectivity index (χ3n) is 9.22. The second kappa shape index (κ2) is 9.10. The number of carboxylic acids is 1. The number of amides is 1. The summed E-state index contributed by atoms with van der Waals surface area (Å²) < 4.78 is 2.46. The van der Waals surface area contributed by atoms with Gasteiger partial charge in [0.1, 0.15) is 0 Å². The zero-order valence-corrected chi connectivity index (χ0v) is 21.4. The number of hydrogen-bond acceptors (Lipinski definition) is 2. The van der Waals surface area contributed by atoms with E-state index in [1.165, 1.54) is 59.9 Å². The summed E-state index contributed by atoms with van der Waals surface area (Å²) in [4.78, 5) is 26.4. The number of carboxylic acid groups (broad SMARTS) is 1. The van der Waals surface area contributed by atoms with Crippen LogP contribution in [0.3, 0.4) is 0 Å². The maximum atomic E-state index is 12.7. The van der Waals surface area contributed by atoms with Gasteiger partial charge in [0.2, 0.25) is 5.91 Å². The van der Waals surface area contributed by atoms with Crippen molar-refractivity contribution in [2.75, 3.05) is 14.1 Å². The van der Waals surface area contributed by atoms with Crippen LogP contribution in [0, 0.1) is 11.8 Å². The molecule has 36 heavy (non-hydrogen) atoms. The van der Waals surface area contributed by atoms with E-state index in [0.717, 1.165) is 24.9 Å². The molecule has 2 heterocycles. The number of carbonyl (C=O) groups is 2. The zero-order chi connectivity index (χ0) is 25.0. The monoisotopic (exact) mass is 484 g/mol. The van der Waals surface area contributed by atoms with Crippen LogP contribution >= 0.6 is 0 Å². The molecule has 6 rings (SSSR count). The first-order chi connectivity index (χ1) is 17.4. The Morgan fingerprint density at radius 2 is 1.78 bits per heavy atom. The molecule has 1 N–H and O–H groups in total. The molecule has 3 atom stereocenters. The molecule has 2 saturated carbocycles. The summed E-state index contributed by atoms with van der Waals surface area (Å²) in [6, 6.07) is 14.6. The van der Waals surface area contributed by atoms with E-state index in [0.29, 0.717) is 35.7 Å². The van der Waals surface area contributed by atoms with Crippen LogP contribution in [0.1, 0.15) is 84.7 Å². The van der Waals surface area contributed by atoms with Crippen molar-refractivity contribution in [2.24, 2.45) is 11.8 Å². The second-order valence-corrected chi connectivity index (χ2v) is 11.4. The molecule has 3 aromatic rings. The molecule has 5 heteroatoms. The van der Waals surface area contributed by atoms with Gasteiger partial charge in [0.25, 0.3) is 0 Å². The number of nitrogens with zero attached hydrogens (tertiary/aromatic N) is 2. The van der Waals surface area contributed by atoms with Crippen LogP contribution in [0.15, 0.2) is 42.5 Å². The van der Waals surface area contributed by atoms with Gasteiger partial charge in [-0.05, 0) is 72.6 Å². The first-order valence-electron chi connectivity index (χ1n) is 13.6. The average Bonchev–Trinajstić information content (AvgIpc) is 3.38. The molecule has 1 unspecified atom stereocenters. The first kappa shape index (κ1) is 23.3. The summed E-state index contributed by atoms with van der Waals surface area (Å²) >= 11 is 0. The quantitative estimate of drug-likeness (QED) is 0.451. The van der Waals surface area contributed by atoms with Crippen molar-refractivity contribution in [3.8, 4) is 11.3 Å². The summed E-state index contributed by atoms with van der Waals surface area (Å²) in [5, 5.41) is 11.0. The molecule has 0 bridgehead atoms. The molecule has 1 aromatic heterocycles. The average molecular weight is 485 g/mol. The van der Waals surface area contributed by atoms with E-state index < -0.39 is 5.97 Å². The Morgan fingerprint density at radius 3 is 2.53 bits per heavy atom. The van der Waals surface area contributed by atoms with Crippen LogP contribution in [0.5, 0.6) is 0 Å². The molecule has 1 aliphatic heterocycles. The van der Waals surface area contributed by atoms with E-state index in [4.69, 9.17) is 0 Å². The van der Waals surface area contributed by atoms with E-state index >= 15 is 0 Å². The lowest BCUT2D eigenvalue weighted by atomic mass is 9.78. The fraction of sp³-hybridized carbons (Fsp3) is 0.484. The number of hydrogen-bond donors (Lipinski definition) is 1. The molecule has 2 aliphatic carbocycles. The lowest BCUT2D eigenvalue weighted by Crippen LogP contribution is -2.26. The number of carbonyl (C=O) groups excluding carboxylic acids is 1. The van der Waals surface area contributed by atoms with Gasteiger partial charge in [-0.15, -0.1) is 0 Å². The molecule has 1 amide bonds. The van der Waals surface area contributed by atoms with Crippen molar-refractivity contribution < 1.29 is 14.7 Å². The first-order valence-corrected chi connectivity index (χ1v) is 13.6. The highest BCUT2D eigenvalue weighted by molar-refractivity contribution is 5.98. The normalized spacial score (nSPS) is 23.6. The van der Waals surface area contributed by atoms with Gasteiger partial charge in [-0.2, -0.15) is 0 Å². The Bertz CT molecular complexity index is 1330. The van der Waals surface area contributed by atoms with Gasteiger partial charge in [0, 0.05) is 43.5 Å². The molecule has 3 aliphatic rings. The summed E-state index contributed by atoms with van der Waals surface area (Å²) in [5.74, 6) is 0.973. The van der Waals surface area contributed by atoms with E-state index in [-0.39, 0.29) is 5.91 Å². The van der Waals surface area contributed by atoms with Gasteiger partial charge in [-0.1, -0.05) is 49.6 Å². The summed E-state index contributed by atoms with van der Waals surface area (Å²) in [6.45, 7) is 0.883. The van der Waals surface area contributed by atoms with Crippen molar-refractivity contribution in [1.82, 2.24) is 9.47 Å². The van der Waals surface area contributed by atoms with Crippen molar-refractivity contribution in [2.45, 2.75) is 69.7 Å². The summed E-state index contributed by atoms with van der Waals surface area (Å²) in [6.07, 6.45) is 8.96. The van der Waals surface area contributed by atoms with Gasteiger partial charge in [0.15, 0.2) is 0 Å². The number of fused-ring (bicyclic) bond motifs is 7. The topological polar surface area (TPSA) is 62.5 Å². The largest absolute Gasteiger partial charge is 0.478 e. The van der Waals surface area contributed by atoms with Crippen LogP contribution in [-0.4, -0.2) is 40.5 Å². The van der Waals surface area contributed by atoms with Gasteiger partial charge in [0.05, 0.1) is 11.3 Å². The Labute approximate surface area is 213 Å².